The number of nitrogens with one attached hydrogen (secondary N) is 1. The molecule has 0 radical (unpaired) electrons. The number of aromatic amines is 1. The van der Waals surface area contributed by atoms with E-state index < -0.39 is 10.2 Å². The number of piperidine rings is 1. The molecule has 2 heterocycles. The van der Waals surface area contributed by atoms with E-state index in [9.17, 15) is 12.8 Å². The third-order valence-corrected chi connectivity index (χ3v) is 6.23. The van der Waals surface area contributed by atoms with Crippen LogP contribution in [0.1, 0.15) is 24.5 Å². The SMILES string of the molecule is CN(C)S(=O)(=O)N1CCC(c2cc3cc(F)ccc3[nH]2)CC1. The minimum atomic E-state index is -3.33. The van der Waals surface area contributed by atoms with Crippen LogP contribution >= 0.6 is 0 Å². The standard InChI is InChI=1S/C15H20FN3O2S/c1-18(2)22(20,21)19-7-5-11(6-8-19)15-10-12-9-13(16)3-4-14(12)17-15/h3-4,9-11,17H,5-8H2,1-2H3. The van der Waals surface area contributed by atoms with Crippen LogP contribution in [0, 0.1) is 5.82 Å². The molecule has 1 fully saturated rings. The Balaban J connectivity index is 1.75. The number of hydrogen-bond donors (Lipinski definition) is 1. The average Bonchev–Trinajstić information content (AvgIpc) is 2.90. The van der Waals surface area contributed by atoms with Gasteiger partial charge in [0.05, 0.1) is 0 Å². The number of halogens is 1. The fraction of sp³-hybridized carbons (Fsp3) is 0.467. The number of rotatable bonds is 3. The molecule has 0 aliphatic carbocycles. The molecule has 7 heteroatoms. The first kappa shape index (κ1) is 15.5. The van der Waals surface area contributed by atoms with Crippen LogP contribution in [0.3, 0.4) is 0 Å². The molecule has 1 saturated heterocycles. The summed E-state index contributed by atoms with van der Waals surface area (Å²) in [5, 5.41) is 0.860. The van der Waals surface area contributed by atoms with Crippen molar-refractivity contribution in [3.8, 4) is 0 Å². The normalized spacial score (nSPS) is 18.4. The van der Waals surface area contributed by atoms with Gasteiger partial charge >= 0.3 is 0 Å². The fourth-order valence-electron chi connectivity index (χ4n) is 2.97. The lowest BCUT2D eigenvalue weighted by atomic mass is 9.95. The first-order chi connectivity index (χ1) is 10.4. The van der Waals surface area contributed by atoms with Crippen molar-refractivity contribution in [1.82, 2.24) is 13.6 Å². The monoisotopic (exact) mass is 325 g/mol. The number of H-pyrrole nitrogens is 1. The Labute approximate surface area is 129 Å². The number of nitrogens with zero attached hydrogens (tertiary/aromatic N) is 2. The summed E-state index contributed by atoms with van der Waals surface area (Å²) in [4.78, 5) is 3.32. The summed E-state index contributed by atoms with van der Waals surface area (Å²) in [5.41, 5.74) is 1.97. The van der Waals surface area contributed by atoms with E-state index in [0.717, 1.165) is 29.4 Å². The summed E-state index contributed by atoms with van der Waals surface area (Å²) in [5.74, 6) is 0.0361. The molecule has 0 atom stereocenters. The van der Waals surface area contributed by atoms with Gasteiger partial charge in [0, 0.05) is 49.7 Å². The molecule has 5 nitrogen and oxygen atoms in total. The number of fused-ring (bicyclic) bond motifs is 1. The van der Waals surface area contributed by atoms with Crippen LogP contribution in [0.15, 0.2) is 24.3 Å². The van der Waals surface area contributed by atoms with Crippen molar-refractivity contribution >= 4 is 21.1 Å². The van der Waals surface area contributed by atoms with Crippen LogP contribution in [0.2, 0.25) is 0 Å². The topological polar surface area (TPSA) is 56.4 Å². The predicted octanol–water partition coefficient (Wildman–Crippen LogP) is 2.29. The zero-order valence-electron chi connectivity index (χ0n) is 12.7. The molecular weight excluding hydrogens is 305 g/mol. The van der Waals surface area contributed by atoms with E-state index in [1.807, 2.05) is 6.07 Å². The zero-order chi connectivity index (χ0) is 15.9. The van der Waals surface area contributed by atoms with Gasteiger partial charge in [-0.3, -0.25) is 0 Å². The van der Waals surface area contributed by atoms with Crippen molar-refractivity contribution in [2.45, 2.75) is 18.8 Å². The molecule has 2 aromatic rings. The Hall–Kier alpha value is -1.44. The lowest BCUT2D eigenvalue weighted by Gasteiger charge is -2.32. The average molecular weight is 325 g/mol. The molecule has 0 bridgehead atoms. The van der Waals surface area contributed by atoms with Gasteiger partial charge in [0.2, 0.25) is 0 Å². The second-order valence-corrected chi connectivity index (χ2v) is 8.06. The van der Waals surface area contributed by atoms with E-state index in [1.54, 1.807) is 20.2 Å². The lowest BCUT2D eigenvalue weighted by Crippen LogP contribution is -2.44. The third-order valence-electron chi connectivity index (χ3n) is 4.29. The highest BCUT2D eigenvalue weighted by molar-refractivity contribution is 7.86. The molecule has 0 amide bonds. The molecule has 22 heavy (non-hydrogen) atoms. The van der Waals surface area contributed by atoms with Crippen LogP contribution in [0.5, 0.6) is 0 Å². The summed E-state index contributed by atoms with van der Waals surface area (Å²) in [6.45, 7) is 1.02. The van der Waals surface area contributed by atoms with E-state index >= 15 is 0 Å². The van der Waals surface area contributed by atoms with Gasteiger partial charge in [0.1, 0.15) is 5.82 Å². The van der Waals surface area contributed by atoms with E-state index in [1.165, 1.54) is 20.7 Å². The maximum Gasteiger partial charge on any atom is 0.281 e. The number of benzene rings is 1. The first-order valence-corrected chi connectivity index (χ1v) is 8.73. The highest BCUT2D eigenvalue weighted by atomic mass is 32.2. The van der Waals surface area contributed by atoms with Crippen molar-refractivity contribution in [3.63, 3.8) is 0 Å². The zero-order valence-corrected chi connectivity index (χ0v) is 13.5. The number of aromatic nitrogens is 1. The van der Waals surface area contributed by atoms with Crippen LogP contribution in [0.4, 0.5) is 4.39 Å². The van der Waals surface area contributed by atoms with E-state index in [-0.39, 0.29) is 11.7 Å². The summed E-state index contributed by atoms with van der Waals surface area (Å²) in [6.07, 6.45) is 1.53. The second-order valence-electron chi connectivity index (χ2n) is 5.92. The maximum atomic E-state index is 13.3. The molecule has 3 rings (SSSR count). The lowest BCUT2D eigenvalue weighted by molar-refractivity contribution is 0.300. The van der Waals surface area contributed by atoms with Gasteiger partial charge in [-0.1, -0.05) is 0 Å². The maximum absolute atomic E-state index is 13.3. The molecule has 0 saturated carbocycles. The Morgan fingerprint density at radius 2 is 1.91 bits per heavy atom. The Bertz CT molecular complexity index is 777. The highest BCUT2D eigenvalue weighted by Gasteiger charge is 2.30. The van der Waals surface area contributed by atoms with Gasteiger partial charge < -0.3 is 4.98 Å². The molecule has 120 valence electrons. The largest absolute Gasteiger partial charge is 0.358 e. The van der Waals surface area contributed by atoms with Crippen molar-refractivity contribution < 1.29 is 12.8 Å². The van der Waals surface area contributed by atoms with Gasteiger partial charge in [-0.25, -0.2) is 4.39 Å². The molecule has 1 aliphatic heterocycles. The first-order valence-electron chi connectivity index (χ1n) is 7.33. The molecule has 1 aliphatic rings. The highest BCUT2D eigenvalue weighted by Crippen LogP contribution is 2.31. The quantitative estimate of drug-likeness (QED) is 0.941. The Morgan fingerprint density at radius 3 is 2.55 bits per heavy atom. The van der Waals surface area contributed by atoms with Gasteiger partial charge in [-0.2, -0.15) is 17.0 Å². The van der Waals surface area contributed by atoms with E-state index in [4.69, 9.17) is 0 Å². The van der Waals surface area contributed by atoms with Crippen LogP contribution in [-0.2, 0) is 10.2 Å². The van der Waals surface area contributed by atoms with Crippen LogP contribution in [0.25, 0.3) is 10.9 Å². The number of hydrogen-bond acceptors (Lipinski definition) is 2. The molecule has 1 aromatic heterocycles. The predicted molar refractivity (Wildman–Crippen MR) is 84.4 cm³/mol. The van der Waals surface area contributed by atoms with Crippen LogP contribution in [-0.4, -0.2) is 49.2 Å². The van der Waals surface area contributed by atoms with E-state index in [0.29, 0.717) is 13.1 Å². The summed E-state index contributed by atoms with van der Waals surface area (Å²) in [6, 6.07) is 6.66. The van der Waals surface area contributed by atoms with E-state index in [2.05, 4.69) is 4.98 Å². The molecule has 1 N–H and O–H groups in total. The van der Waals surface area contributed by atoms with Gasteiger partial charge in [0.15, 0.2) is 0 Å². The van der Waals surface area contributed by atoms with Crippen molar-refractivity contribution in [2.24, 2.45) is 0 Å². The minimum Gasteiger partial charge on any atom is -0.358 e. The molecule has 0 spiro atoms. The Kier molecular flexibility index (Phi) is 3.96. The summed E-state index contributed by atoms with van der Waals surface area (Å²) in [7, 11) is -0.230. The van der Waals surface area contributed by atoms with Crippen molar-refractivity contribution in [2.75, 3.05) is 27.2 Å². The summed E-state index contributed by atoms with van der Waals surface area (Å²) >= 11 is 0. The molecular formula is C15H20FN3O2S. The minimum absolute atomic E-state index is 0.245. The summed E-state index contributed by atoms with van der Waals surface area (Å²) < 4.78 is 40.2. The van der Waals surface area contributed by atoms with Crippen LogP contribution < -0.4 is 0 Å². The van der Waals surface area contributed by atoms with Gasteiger partial charge in [-0.15, -0.1) is 0 Å². The van der Waals surface area contributed by atoms with Gasteiger partial charge in [0.25, 0.3) is 10.2 Å². The van der Waals surface area contributed by atoms with Crippen molar-refractivity contribution in [3.05, 3.63) is 35.8 Å². The smallest absolute Gasteiger partial charge is 0.281 e. The molecule has 1 aromatic carbocycles. The second kappa shape index (κ2) is 5.64. The third kappa shape index (κ3) is 2.76. The molecule has 0 unspecified atom stereocenters. The Morgan fingerprint density at radius 1 is 1.23 bits per heavy atom. The van der Waals surface area contributed by atoms with Crippen molar-refractivity contribution in [1.29, 1.82) is 0 Å². The van der Waals surface area contributed by atoms with Gasteiger partial charge in [-0.05, 0) is 37.1 Å². The fourth-order valence-corrected chi connectivity index (χ4v) is 4.11.